The molecular weight excluding hydrogens is 251 g/mol. The summed E-state index contributed by atoms with van der Waals surface area (Å²) in [7, 11) is 0. The molecule has 0 unspecified atom stereocenters. The van der Waals surface area contributed by atoms with E-state index in [4.69, 9.17) is 5.73 Å². The molecule has 72 valence electrons. The standard InChI is InChI=1S/C9H11BrN2.ClH/c1-2-4-8(11)7-5-3-6-12-9(7)10;/h2-3,5-6,8H,1,4,11H2;1H/t8-;/m0./s1. The van der Waals surface area contributed by atoms with E-state index >= 15 is 0 Å². The lowest BCUT2D eigenvalue weighted by molar-refractivity contribution is 0.732. The van der Waals surface area contributed by atoms with Crippen molar-refractivity contribution >= 4 is 28.3 Å². The Labute approximate surface area is 92.8 Å². The average molecular weight is 264 g/mol. The van der Waals surface area contributed by atoms with Crippen LogP contribution in [-0.4, -0.2) is 4.98 Å². The zero-order chi connectivity index (χ0) is 8.97. The Morgan fingerprint density at radius 3 is 2.92 bits per heavy atom. The molecule has 0 aliphatic heterocycles. The maximum atomic E-state index is 5.87. The minimum Gasteiger partial charge on any atom is -0.324 e. The number of hydrogen-bond acceptors (Lipinski definition) is 2. The second kappa shape index (κ2) is 6.13. The molecule has 0 spiro atoms. The van der Waals surface area contributed by atoms with Gasteiger partial charge in [-0.15, -0.1) is 19.0 Å². The van der Waals surface area contributed by atoms with E-state index in [9.17, 15) is 0 Å². The molecule has 1 heterocycles. The summed E-state index contributed by atoms with van der Waals surface area (Å²) in [5.41, 5.74) is 6.89. The van der Waals surface area contributed by atoms with Crippen molar-refractivity contribution in [2.24, 2.45) is 5.73 Å². The second-order valence-corrected chi connectivity index (χ2v) is 3.27. The number of rotatable bonds is 3. The zero-order valence-electron chi connectivity index (χ0n) is 7.11. The van der Waals surface area contributed by atoms with Gasteiger partial charge in [-0.3, -0.25) is 0 Å². The normalized spacial score (nSPS) is 11.5. The lowest BCUT2D eigenvalue weighted by Crippen LogP contribution is -2.09. The van der Waals surface area contributed by atoms with Crippen LogP contribution in [0.3, 0.4) is 0 Å². The third-order valence-corrected chi connectivity index (χ3v) is 2.27. The molecular formula is C9H12BrClN2. The zero-order valence-corrected chi connectivity index (χ0v) is 9.51. The van der Waals surface area contributed by atoms with Gasteiger partial charge in [-0.05, 0) is 28.4 Å². The predicted molar refractivity (Wildman–Crippen MR) is 60.9 cm³/mol. The Bertz CT molecular complexity index is 278. The molecule has 0 fully saturated rings. The van der Waals surface area contributed by atoms with E-state index < -0.39 is 0 Å². The molecule has 1 aromatic heterocycles. The van der Waals surface area contributed by atoms with Gasteiger partial charge in [-0.2, -0.15) is 0 Å². The van der Waals surface area contributed by atoms with E-state index in [1.54, 1.807) is 6.20 Å². The fourth-order valence-electron chi connectivity index (χ4n) is 0.982. The van der Waals surface area contributed by atoms with Gasteiger partial charge in [0.25, 0.3) is 0 Å². The summed E-state index contributed by atoms with van der Waals surface area (Å²) in [6.07, 6.45) is 4.31. The number of hydrogen-bond donors (Lipinski definition) is 1. The quantitative estimate of drug-likeness (QED) is 0.673. The highest BCUT2D eigenvalue weighted by Gasteiger charge is 2.07. The molecule has 13 heavy (non-hydrogen) atoms. The Balaban J connectivity index is 0.00000144. The molecule has 0 saturated carbocycles. The lowest BCUT2D eigenvalue weighted by atomic mass is 10.1. The minimum atomic E-state index is -0.00873. The van der Waals surface area contributed by atoms with Gasteiger partial charge in [0, 0.05) is 17.8 Å². The average Bonchev–Trinajstić information content (AvgIpc) is 2.05. The fourth-order valence-corrected chi connectivity index (χ4v) is 1.53. The minimum absolute atomic E-state index is 0. The van der Waals surface area contributed by atoms with Crippen LogP contribution < -0.4 is 5.73 Å². The monoisotopic (exact) mass is 262 g/mol. The molecule has 0 aliphatic rings. The van der Waals surface area contributed by atoms with E-state index in [1.165, 1.54) is 0 Å². The Kier molecular flexibility index (Phi) is 5.95. The first-order valence-corrected chi connectivity index (χ1v) is 4.52. The van der Waals surface area contributed by atoms with Crippen LogP contribution in [0, 0.1) is 0 Å². The number of halogens is 2. The highest BCUT2D eigenvalue weighted by Crippen LogP contribution is 2.21. The van der Waals surface area contributed by atoms with Crippen molar-refractivity contribution in [2.45, 2.75) is 12.5 Å². The van der Waals surface area contributed by atoms with E-state index in [2.05, 4.69) is 27.5 Å². The first-order chi connectivity index (χ1) is 5.75. The SMILES string of the molecule is C=CC[C@H](N)c1cccnc1Br.Cl. The number of nitrogens with zero attached hydrogens (tertiary/aromatic N) is 1. The van der Waals surface area contributed by atoms with Gasteiger partial charge in [0.15, 0.2) is 0 Å². The molecule has 0 bridgehead atoms. The first-order valence-electron chi connectivity index (χ1n) is 3.72. The van der Waals surface area contributed by atoms with Crippen LogP contribution in [0.5, 0.6) is 0 Å². The second-order valence-electron chi connectivity index (χ2n) is 2.51. The third-order valence-electron chi connectivity index (χ3n) is 1.61. The summed E-state index contributed by atoms with van der Waals surface area (Å²) in [6.45, 7) is 3.64. The smallest absolute Gasteiger partial charge is 0.110 e. The van der Waals surface area contributed by atoms with Gasteiger partial charge in [0.2, 0.25) is 0 Å². The van der Waals surface area contributed by atoms with E-state index in [0.29, 0.717) is 0 Å². The first kappa shape index (κ1) is 12.6. The van der Waals surface area contributed by atoms with E-state index in [-0.39, 0.29) is 18.4 Å². The summed E-state index contributed by atoms with van der Waals surface area (Å²) in [4.78, 5) is 4.08. The van der Waals surface area contributed by atoms with E-state index in [1.807, 2.05) is 18.2 Å². The molecule has 4 heteroatoms. The van der Waals surface area contributed by atoms with Crippen LogP contribution in [0.2, 0.25) is 0 Å². The Hall–Kier alpha value is -0.380. The summed E-state index contributed by atoms with van der Waals surface area (Å²) < 4.78 is 0.819. The molecule has 0 radical (unpaired) electrons. The summed E-state index contributed by atoms with van der Waals surface area (Å²) in [5, 5.41) is 0. The molecule has 0 aromatic carbocycles. The number of nitrogens with two attached hydrogens (primary N) is 1. The van der Waals surface area contributed by atoms with Crippen molar-refractivity contribution in [1.29, 1.82) is 0 Å². The van der Waals surface area contributed by atoms with Crippen molar-refractivity contribution in [3.8, 4) is 0 Å². The van der Waals surface area contributed by atoms with Gasteiger partial charge in [-0.25, -0.2) is 4.98 Å². The lowest BCUT2D eigenvalue weighted by Gasteiger charge is -2.09. The van der Waals surface area contributed by atoms with Crippen LogP contribution in [0.15, 0.2) is 35.6 Å². The van der Waals surface area contributed by atoms with Crippen molar-refractivity contribution < 1.29 is 0 Å². The van der Waals surface area contributed by atoms with Crippen molar-refractivity contribution in [2.75, 3.05) is 0 Å². The van der Waals surface area contributed by atoms with Crippen LogP contribution in [-0.2, 0) is 0 Å². The number of aromatic nitrogens is 1. The van der Waals surface area contributed by atoms with Crippen LogP contribution in [0.25, 0.3) is 0 Å². The maximum Gasteiger partial charge on any atom is 0.110 e. The number of pyridine rings is 1. The van der Waals surface area contributed by atoms with Gasteiger partial charge >= 0.3 is 0 Å². The van der Waals surface area contributed by atoms with E-state index in [0.717, 1.165) is 16.6 Å². The highest BCUT2D eigenvalue weighted by atomic mass is 79.9. The molecule has 2 nitrogen and oxygen atoms in total. The molecule has 1 atom stereocenters. The van der Waals surface area contributed by atoms with Gasteiger partial charge < -0.3 is 5.73 Å². The van der Waals surface area contributed by atoms with Crippen molar-refractivity contribution in [3.05, 3.63) is 41.2 Å². The summed E-state index contributed by atoms with van der Waals surface area (Å²) >= 11 is 3.34. The Morgan fingerprint density at radius 2 is 2.38 bits per heavy atom. The summed E-state index contributed by atoms with van der Waals surface area (Å²) in [5.74, 6) is 0. The topological polar surface area (TPSA) is 38.9 Å². The predicted octanol–water partition coefficient (Wildman–Crippen LogP) is 2.84. The molecule has 0 saturated heterocycles. The molecule has 0 aliphatic carbocycles. The van der Waals surface area contributed by atoms with Crippen LogP contribution >= 0.6 is 28.3 Å². The fraction of sp³-hybridized carbons (Fsp3) is 0.222. The molecule has 2 N–H and O–H groups in total. The van der Waals surface area contributed by atoms with Gasteiger partial charge in [0.1, 0.15) is 4.60 Å². The highest BCUT2D eigenvalue weighted by molar-refractivity contribution is 9.10. The van der Waals surface area contributed by atoms with Gasteiger partial charge in [-0.1, -0.05) is 12.1 Å². The molecule has 0 amide bonds. The maximum absolute atomic E-state index is 5.87. The summed E-state index contributed by atoms with van der Waals surface area (Å²) in [6, 6.07) is 3.83. The van der Waals surface area contributed by atoms with Crippen molar-refractivity contribution in [1.82, 2.24) is 4.98 Å². The van der Waals surface area contributed by atoms with Gasteiger partial charge in [0.05, 0.1) is 0 Å². The third kappa shape index (κ3) is 3.46. The molecule has 1 aromatic rings. The van der Waals surface area contributed by atoms with Crippen molar-refractivity contribution in [3.63, 3.8) is 0 Å². The Morgan fingerprint density at radius 1 is 1.69 bits per heavy atom. The van der Waals surface area contributed by atoms with Crippen LogP contribution in [0.1, 0.15) is 18.0 Å². The molecule has 1 rings (SSSR count). The largest absolute Gasteiger partial charge is 0.324 e. The van der Waals surface area contributed by atoms with Crippen LogP contribution in [0.4, 0.5) is 0 Å².